The number of nitrogens with zero attached hydrogens (tertiary/aromatic N) is 1. The summed E-state index contributed by atoms with van der Waals surface area (Å²) < 4.78 is 19.5. The van der Waals surface area contributed by atoms with Crippen LogP contribution in [0.25, 0.3) is 0 Å². The second kappa shape index (κ2) is 6.21. The quantitative estimate of drug-likeness (QED) is 0.841. The molecule has 0 saturated heterocycles. The molecule has 1 aromatic carbocycles. The lowest BCUT2D eigenvalue weighted by Gasteiger charge is -2.09. The van der Waals surface area contributed by atoms with Gasteiger partial charge in [0, 0.05) is 19.3 Å². The molecule has 0 amide bonds. The van der Waals surface area contributed by atoms with Gasteiger partial charge in [0.05, 0.1) is 9.50 Å². The Hall–Kier alpha value is -1.33. The molecule has 19 heavy (non-hydrogen) atoms. The summed E-state index contributed by atoms with van der Waals surface area (Å²) in [5, 5.41) is 3.00. The molecular formula is C13H11BrClFN2O. The molecule has 0 aliphatic heterocycles. The predicted octanol–water partition coefficient (Wildman–Crippen LogP) is 4.26. The van der Waals surface area contributed by atoms with Crippen LogP contribution in [0.4, 0.5) is 10.2 Å². The van der Waals surface area contributed by atoms with Crippen molar-refractivity contribution in [3.8, 4) is 5.75 Å². The molecule has 2 aromatic rings. The molecule has 0 unspecified atom stereocenters. The van der Waals surface area contributed by atoms with E-state index in [1.54, 1.807) is 13.2 Å². The first-order valence-electron chi connectivity index (χ1n) is 5.50. The van der Waals surface area contributed by atoms with Crippen molar-refractivity contribution >= 4 is 33.3 Å². The zero-order valence-corrected chi connectivity index (χ0v) is 12.4. The highest BCUT2D eigenvalue weighted by atomic mass is 79.9. The maximum atomic E-state index is 13.4. The van der Waals surface area contributed by atoms with Crippen molar-refractivity contribution < 1.29 is 9.13 Å². The molecule has 6 heteroatoms. The molecule has 3 nitrogen and oxygen atoms in total. The Bertz CT molecular complexity index is 595. The molecule has 0 aliphatic rings. The highest BCUT2D eigenvalue weighted by molar-refractivity contribution is 9.10. The third kappa shape index (κ3) is 3.58. The van der Waals surface area contributed by atoms with Gasteiger partial charge in [0.25, 0.3) is 0 Å². The summed E-state index contributed by atoms with van der Waals surface area (Å²) in [6.45, 7) is 0.316. The molecule has 0 bridgehead atoms. The largest absolute Gasteiger partial charge is 0.488 e. The summed E-state index contributed by atoms with van der Waals surface area (Å²) in [6, 6.07) is 6.42. The Balaban J connectivity index is 2.12. The molecule has 100 valence electrons. The summed E-state index contributed by atoms with van der Waals surface area (Å²) >= 11 is 8.95. The fraction of sp³-hybridized carbons (Fsp3) is 0.154. The van der Waals surface area contributed by atoms with Gasteiger partial charge in [0.1, 0.15) is 24.0 Å². The first-order chi connectivity index (χ1) is 9.10. The van der Waals surface area contributed by atoms with Crippen molar-refractivity contribution in [1.82, 2.24) is 4.98 Å². The Morgan fingerprint density at radius 1 is 1.42 bits per heavy atom. The number of anilines is 1. The monoisotopic (exact) mass is 344 g/mol. The van der Waals surface area contributed by atoms with Crippen molar-refractivity contribution in [3.63, 3.8) is 0 Å². The van der Waals surface area contributed by atoms with E-state index in [1.165, 1.54) is 12.1 Å². The number of hydrogen-bond donors (Lipinski definition) is 1. The topological polar surface area (TPSA) is 34.1 Å². The van der Waals surface area contributed by atoms with E-state index < -0.39 is 5.82 Å². The molecule has 1 aromatic heterocycles. The highest BCUT2D eigenvalue weighted by Crippen LogP contribution is 2.31. The zero-order chi connectivity index (χ0) is 13.8. The minimum absolute atomic E-state index is 0.0561. The Kier molecular flexibility index (Phi) is 4.61. The lowest BCUT2D eigenvalue weighted by atomic mass is 10.2. The van der Waals surface area contributed by atoms with Crippen LogP contribution in [0.5, 0.6) is 5.75 Å². The average Bonchev–Trinajstić information content (AvgIpc) is 2.41. The number of ether oxygens (including phenoxy) is 1. The van der Waals surface area contributed by atoms with Gasteiger partial charge in [0.15, 0.2) is 0 Å². The fourth-order valence-electron chi connectivity index (χ4n) is 1.48. The average molecular weight is 346 g/mol. The molecule has 0 atom stereocenters. The minimum Gasteiger partial charge on any atom is -0.488 e. The number of pyridine rings is 1. The van der Waals surface area contributed by atoms with E-state index in [2.05, 4.69) is 26.2 Å². The van der Waals surface area contributed by atoms with Crippen LogP contribution in [-0.2, 0) is 6.61 Å². The summed E-state index contributed by atoms with van der Waals surface area (Å²) in [7, 11) is 1.79. The van der Waals surface area contributed by atoms with E-state index >= 15 is 0 Å². The van der Waals surface area contributed by atoms with E-state index in [0.29, 0.717) is 16.8 Å². The van der Waals surface area contributed by atoms with E-state index in [4.69, 9.17) is 16.3 Å². The molecule has 0 fully saturated rings. The number of benzene rings is 1. The van der Waals surface area contributed by atoms with Crippen molar-refractivity contribution in [2.24, 2.45) is 0 Å². The predicted molar refractivity (Wildman–Crippen MR) is 77.2 cm³/mol. The lowest BCUT2D eigenvalue weighted by Crippen LogP contribution is -1.99. The van der Waals surface area contributed by atoms with Crippen LogP contribution in [0.3, 0.4) is 0 Å². The van der Waals surface area contributed by atoms with Gasteiger partial charge in [-0.15, -0.1) is 0 Å². The van der Waals surface area contributed by atoms with Gasteiger partial charge in [-0.3, -0.25) is 0 Å². The standard InChI is InChI=1S/C13H11BrClFN2O/c1-17-13-4-8(2-3-18-13)7-19-12-6-11(16)10(15)5-9(12)14/h2-6H,7H2,1H3,(H,17,18). The molecule has 1 heterocycles. The molecule has 0 radical (unpaired) electrons. The first kappa shape index (κ1) is 14.1. The lowest BCUT2D eigenvalue weighted by molar-refractivity contribution is 0.302. The van der Waals surface area contributed by atoms with Crippen LogP contribution < -0.4 is 10.1 Å². The van der Waals surface area contributed by atoms with Crippen LogP contribution in [0.1, 0.15) is 5.56 Å². The Morgan fingerprint density at radius 3 is 2.95 bits per heavy atom. The van der Waals surface area contributed by atoms with Crippen LogP contribution in [-0.4, -0.2) is 12.0 Å². The fourth-order valence-corrected chi connectivity index (χ4v) is 2.23. The van der Waals surface area contributed by atoms with Crippen molar-refractivity contribution in [2.45, 2.75) is 6.61 Å². The Morgan fingerprint density at radius 2 is 2.21 bits per heavy atom. The van der Waals surface area contributed by atoms with Gasteiger partial charge < -0.3 is 10.1 Å². The van der Waals surface area contributed by atoms with E-state index in [1.807, 2.05) is 12.1 Å². The van der Waals surface area contributed by atoms with Crippen LogP contribution in [0.15, 0.2) is 34.9 Å². The molecule has 0 spiro atoms. The Labute approximate surface area is 123 Å². The van der Waals surface area contributed by atoms with Gasteiger partial charge in [-0.1, -0.05) is 11.6 Å². The minimum atomic E-state index is -0.509. The first-order valence-corrected chi connectivity index (χ1v) is 6.67. The van der Waals surface area contributed by atoms with Crippen molar-refractivity contribution in [2.75, 3.05) is 12.4 Å². The normalized spacial score (nSPS) is 10.3. The second-order valence-electron chi connectivity index (χ2n) is 3.78. The number of nitrogens with one attached hydrogen (secondary N) is 1. The van der Waals surface area contributed by atoms with E-state index in [0.717, 1.165) is 11.4 Å². The third-order valence-corrected chi connectivity index (χ3v) is 3.36. The number of halogens is 3. The third-order valence-electron chi connectivity index (χ3n) is 2.45. The van der Waals surface area contributed by atoms with Crippen LogP contribution in [0, 0.1) is 5.82 Å². The number of aromatic nitrogens is 1. The summed E-state index contributed by atoms with van der Waals surface area (Å²) in [5.41, 5.74) is 0.932. The van der Waals surface area contributed by atoms with Gasteiger partial charge in [-0.25, -0.2) is 9.37 Å². The molecule has 0 saturated carbocycles. The van der Waals surface area contributed by atoms with Gasteiger partial charge in [0.2, 0.25) is 0 Å². The maximum Gasteiger partial charge on any atom is 0.145 e. The summed E-state index contributed by atoms with van der Waals surface area (Å²) in [5.74, 6) is 0.651. The van der Waals surface area contributed by atoms with Gasteiger partial charge in [-0.05, 0) is 39.7 Å². The van der Waals surface area contributed by atoms with Crippen molar-refractivity contribution in [1.29, 1.82) is 0 Å². The second-order valence-corrected chi connectivity index (χ2v) is 5.05. The molecular weight excluding hydrogens is 335 g/mol. The summed E-state index contributed by atoms with van der Waals surface area (Å²) in [4.78, 5) is 4.10. The van der Waals surface area contributed by atoms with Gasteiger partial charge in [-0.2, -0.15) is 0 Å². The molecule has 0 aliphatic carbocycles. The van der Waals surface area contributed by atoms with Gasteiger partial charge >= 0.3 is 0 Å². The van der Waals surface area contributed by atoms with Crippen LogP contribution in [0.2, 0.25) is 5.02 Å². The smallest absolute Gasteiger partial charge is 0.145 e. The molecule has 2 rings (SSSR count). The number of hydrogen-bond acceptors (Lipinski definition) is 3. The SMILES string of the molecule is CNc1cc(COc2cc(F)c(Cl)cc2Br)ccn1. The molecule has 1 N–H and O–H groups in total. The van der Waals surface area contributed by atoms with Crippen LogP contribution >= 0.6 is 27.5 Å². The van der Waals surface area contributed by atoms with E-state index in [9.17, 15) is 4.39 Å². The summed E-state index contributed by atoms with van der Waals surface area (Å²) in [6.07, 6.45) is 1.68. The highest BCUT2D eigenvalue weighted by Gasteiger charge is 2.08. The number of rotatable bonds is 4. The van der Waals surface area contributed by atoms with E-state index in [-0.39, 0.29) is 5.02 Å². The van der Waals surface area contributed by atoms with Crippen molar-refractivity contribution in [3.05, 3.63) is 51.3 Å². The zero-order valence-electron chi connectivity index (χ0n) is 10.1. The maximum absolute atomic E-state index is 13.4.